The van der Waals surface area contributed by atoms with E-state index in [1.165, 1.54) is 11.1 Å². The van der Waals surface area contributed by atoms with Crippen molar-refractivity contribution in [3.8, 4) is 0 Å². The predicted molar refractivity (Wildman–Crippen MR) is 107 cm³/mol. The normalized spacial score (nSPS) is 20.7. The number of aryl methyl sites for hydroxylation is 2. The number of anilines is 1. The van der Waals surface area contributed by atoms with Crippen LogP contribution >= 0.6 is 11.6 Å². The molecule has 140 valence electrons. The lowest BCUT2D eigenvalue weighted by Crippen LogP contribution is -2.48. The van der Waals surface area contributed by atoms with E-state index in [-0.39, 0.29) is 17.0 Å². The van der Waals surface area contributed by atoms with Gasteiger partial charge in [-0.2, -0.15) is 0 Å². The van der Waals surface area contributed by atoms with Crippen LogP contribution < -0.4 is 10.0 Å². The fourth-order valence-electron chi connectivity index (χ4n) is 3.42. The zero-order valence-electron chi connectivity index (χ0n) is 15.1. The highest BCUT2D eigenvalue weighted by Crippen LogP contribution is 2.26. The molecule has 0 radical (unpaired) electrons. The molecule has 0 heterocycles. The number of hydrogen-bond donors (Lipinski definition) is 2. The summed E-state index contributed by atoms with van der Waals surface area (Å²) in [6.07, 6.45) is 3.90. The van der Waals surface area contributed by atoms with Gasteiger partial charge in [0.25, 0.3) is 0 Å². The molecule has 6 heteroatoms. The molecule has 2 atom stereocenters. The van der Waals surface area contributed by atoms with Gasteiger partial charge in [-0.25, -0.2) is 13.1 Å². The first-order chi connectivity index (χ1) is 12.3. The maximum atomic E-state index is 12.7. The minimum Gasteiger partial charge on any atom is -0.380 e. The van der Waals surface area contributed by atoms with Crippen LogP contribution in [0.3, 0.4) is 0 Å². The SMILES string of the molecule is Cc1ccc(C)c(N[C@H]2CCCC[C@@H]2NS(=O)(=O)c2ccc(Cl)cc2)c1. The Kier molecular flexibility index (Phi) is 5.90. The van der Waals surface area contributed by atoms with Gasteiger partial charge in [0.15, 0.2) is 0 Å². The van der Waals surface area contributed by atoms with Crippen LogP contribution in [0.15, 0.2) is 47.4 Å². The summed E-state index contributed by atoms with van der Waals surface area (Å²) in [5.74, 6) is 0. The molecule has 0 saturated heterocycles. The Labute approximate surface area is 161 Å². The van der Waals surface area contributed by atoms with E-state index >= 15 is 0 Å². The summed E-state index contributed by atoms with van der Waals surface area (Å²) in [5.41, 5.74) is 3.43. The molecule has 0 bridgehead atoms. The van der Waals surface area contributed by atoms with Crippen molar-refractivity contribution in [3.63, 3.8) is 0 Å². The molecule has 4 nitrogen and oxygen atoms in total. The maximum absolute atomic E-state index is 12.7. The van der Waals surface area contributed by atoms with Crippen LogP contribution in [0.5, 0.6) is 0 Å². The number of hydrogen-bond acceptors (Lipinski definition) is 3. The number of benzene rings is 2. The molecule has 0 unspecified atom stereocenters. The third-order valence-electron chi connectivity index (χ3n) is 4.93. The summed E-state index contributed by atoms with van der Waals surface area (Å²) in [6.45, 7) is 4.13. The Balaban J connectivity index is 1.78. The van der Waals surface area contributed by atoms with E-state index < -0.39 is 10.0 Å². The fourth-order valence-corrected chi connectivity index (χ4v) is 4.85. The molecule has 0 spiro atoms. The molecule has 0 amide bonds. The van der Waals surface area contributed by atoms with Gasteiger partial charge < -0.3 is 5.32 Å². The van der Waals surface area contributed by atoms with Crippen molar-refractivity contribution in [2.24, 2.45) is 0 Å². The fraction of sp³-hybridized carbons (Fsp3) is 0.400. The van der Waals surface area contributed by atoms with Gasteiger partial charge in [-0.15, -0.1) is 0 Å². The predicted octanol–water partition coefficient (Wildman–Crippen LogP) is 4.66. The van der Waals surface area contributed by atoms with Gasteiger partial charge in [0.1, 0.15) is 0 Å². The Morgan fingerprint density at radius 3 is 2.31 bits per heavy atom. The summed E-state index contributed by atoms with van der Waals surface area (Å²) in [6, 6.07) is 12.5. The molecule has 1 fully saturated rings. The van der Waals surface area contributed by atoms with Crippen LogP contribution in [0.4, 0.5) is 5.69 Å². The van der Waals surface area contributed by atoms with Crippen LogP contribution in [0, 0.1) is 13.8 Å². The molecule has 2 N–H and O–H groups in total. The van der Waals surface area contributed by atoms with E-state index in [9.17, 15) is 8.42 Å². The lowest BCUT2D eigenvalue weighted by Gasteiger charge is -2.33. The largest absolute Gasteiger partial charge is 0.380 e. The summed E-state index contributed by atoms with van der Waals surface area (Å²) in [5, 5.41) is 4.10. The second-order valence-electron chi connectivity index (χ2n) is 7.04. The number of sulfonamides is 1. The Morgan fingerprint density at radius 2 is 1.62 bits per heavy atom. The molecule has 1 aliphatic carbocycles. The summed E-state index contributed by atoms with van der Waals surface area (Å²) in [4.78, 5) is 0.248. The van der Waals surface area contributed by atoms with E-state index in [1.54, 1.807) is 24.3 Å². The second kappa shape index (κ2) is 7.99. The minimum atomic E-state index is -3.57. The molecule has 0 aliphatic heterocycles. The first-order valence-corrected chi connectivity index (χ1v) is 10.8. The average molecular weight is 393 g/mol. The minimum absolute atomic E-state index is 0.0753. The first kappa shape index (κ1) is 19.2. The molecule has 1 saturated carbocycles. The van der Waals surface area contributed by atoms with Crippen molar-refractivity contribution < 1.29 is 8.42 Å². The van der Waals surface area contributed by atoms with E-state index in [2.05, 4.69) is 42.1 Å². The third kappa shape index (κ3) is 4.58. The number of halogens is 1. The highest BCUT2D eigenvalue weighted by atomic mass is 35.5. The molecule has 0 aromatic heterocycles. The molecular weight excluding hydrogens is 368 g/mol. The quantitative estimate of drug-likeness (QED) is 0.778. The molecule has 3 rings (SSSR count). The van der Waals surface area contributed by atoms with Gasteiger partial charge in [-0.3, -0.25) is 0 Å². The Bertz CT molecular complexity index is 866. The van der Waals surface area contributed by atoms with Crippen LogP contribution in [0.1, 0.15) is 36.8 Å². The molecule has 1 aliphatic rings. The van der Waals surface area contributed by atoms with E-state index in [4.69, 9.17) is 11.6 Å². The standard InChI is InChI=1S/C20H25ClN2O2S/c1-14-7-8-15(2)20(13-14)22-18-5-3-4-6-19(18)23-26(24,25)17-11-9-16(21)10-12-17/h7-13,18-19,22-23H,3-6H2,1-2H3/t18-,19-/m0/s1. The number of rotatable bonds is 5. The van der Waals surface area contributed by atoms with Crippen LogP contribution in [-0.4, -0.2) is 20.5 Å². The van der Waals surface area contributed by atoms with Crippen LogP contribution in [-0.2, 0) is 10.0 Å². The van der Waals surface area contributed by atoms with Crippen molar-refractivity contribution in [1.29, 1.82) is 0 Å². The first-order valence-electron chi connectivity index (χ1n) is 8.97. The average Bonchev–Trinajstić information content (AvgIpc) is 2.60. The molecule has 2 aromatic rings. The van der Waals surface area contributed by atoms with Crippen molar-refractivity contribution in [1.82, 2.24) is 4.72 Å². The highest BCUT2D eigenvalue weighted by molar-refractivity contribution is 7.89. The van der Waals surface area contributed by atoms with Crippen molar-refractivity contribution in [2.75, 3.05) is 5.32 Å². The number of nitrogens with one attached hydrogen (secondary N) is 2. The smallest absolute Gasteiger partial charge is 0.240 e. The van der Waals surface area contributed by atoms with Crippen LogP contribution in [0.25, 0.3) is 0 Å². The summed E-state index contributed by atoms with van der Waals surface area (Å²) in [7, 11) is -3.57. The second-order valence-corrected chi connectivity index (χ2v) is 9.19. The van der Waals surface area contributed by atoms with Gasteiger partial charge in [0.2, 0.25) is 10.0 Å². The van der Waals surface area contributed by atoms with Gasteiger partial charge in [0.05, 0.1) is 4.90 Å². The maximum Gasteiger partial charge on any atom is 0.240 e. The molecule has 2 aromatic carbocycles. The summed E-state index contributed by atoms with van der Waals surface area (Å²) >= 11 is 5.87. The molecule has 26 heavy (non-hydrogen) atoms. The highest BCUT2D eigenvalue weighted by Gasteiger charge is 2.29. The lowest BCUT2D eigenvalue weighted by atomic mass is 9.90. The zero-order valence-corrected chi connectivity index (χ0v) is 16.7. The van der Waals surface area contributed by atoms with Crippen molar-refractivity contribution in [3.05, 3.63) is 58.6 Å². The third-order valence-corrected chi connectivity index (χ3v) is 6.69. The topological polar surface area (TPSA) is 58.2 Å². The van der Waals surface area contributed by atoms with Gasteiger partial charge in [-0.05, 0) is 68.1 Å². The van der Waals surface area contributed by atoms with Crippen molar-refractivity contribution in [2.45, 2.75) is 56.5 Å². The lowest BCUT2D eigenvalue weighted by molar-refractivity contribution is 0.378. The molecular formula is C20H25ClN2O2S. The van der Waals surface area contributed by atoms with Crippen molar-refractivity contribution >= 4 is 27.3 Å². The monoisotopic (exact) mass is 392 g/mol. The van der Waals surface area contributed by atoms with E-state index in [1.807, 2.05) is 0 Å². The van der Waals surface area contributed by atoms with E-state index in [0.29, 0.717) is 5.02 Å². The Morgan fingerprint density at radius 1 is 0.962 bits per heavy atom. The summed E-state index contributed by atoms with van der Waals surface area (Å²) < 4.78 is 28.4. The van der Waals surface area contributed by atoms with Gasteiger partial charge in [-0.1, -0.05) is 36.6 Å². The zero-order chi connectivity index (χ0) is 18.7. The van der Waals surface area contributed by atoms with Crippen LogP contribution in [0.2, 0.25) is 5.02 Å². The van der Waals surface area contributed by atoms with Gasteiger partial charge >= 0.3 is 0 Å². The van der Waals surface area contributed by atoms with Gasteiger partial charge in [0, 0.05) is 22.8 Å². The Hall–Kier alpha value is -1.56. The van der Waals surface area contributed by atoms with E-state index in [0.717, 1.165) is 31.4 Å².